The van der Waals surface area contributed by atoms with Crippen LogP contribution in [0.3, 0.4) is 0 Å². The number of carbonyl (C=O) groups is 3. The summed E-state index contributed by atoms with van der Waals surface area (Å²) in [5.74, 6) is 0.0612. The molecule has 9 heteroatoms. The van der Waals surface area contributed by atoms with Gasteiger partial charge in [-0.15, -0.1) is 0 Å². The van der Waals surface area contributed by atoms with Gasteiger partial charge in [0.15, 0.2) is 12.2 Å². The van der Waals surface area contributed by atoms with Crippen LogP contribution in [-0.2, 0) is 9.53 Å². The Balaban J connectivity index is 1.33. The number of hydrogen-bond acceptors (Lipinski definition) is 7. The number of rotatable bonds is 6. The number of hydrogen-bond donors (Lipinski definition) is 0. The van der Waals surface area contributed by atoms with Crippen LogP contribution in [0.4, 0.5) is 10.5 Å². The van der Waals surface area contributed by atoms with Crippen molar-refractivity contribution >= 4 is 35.6 Å². The molecule has 3 amide bonds. The van der Waals surface area contributed by atoms with E-state index in [-0.39, 0.29) is 24.5 Å². The molecule has 0 saturated carbocycles. The van der Waals surface area contributed by atoms with Gasteiger partial charge in [-0.2, -0.15) is 0 Å². The first-order valence-corrected chi connectivity index (χ1v) is 11.7. The largest absolute Gasteiger partial charge is 0.462 e. The number of imide groups is 1. The Hall–Kier alpha value is -4.14. The minimum Gasteiger partial charge on any atom is -0.462 e. The average Bonchev–Trinajstić information content (AvgIpc) is 3.45. The molecular weight excluding hydrogens is 446 g/mol. The predicted octanol–water partition coefficient (Wildman–Crippen LogP) is 2.66. The number of amides is 3. The predicted molar refractivity (Wildman–Crippen MR) is 132 cm³/mol. The van der Waals surface area contributed by atoms with Gasteiger partial charge in [0, 0.05) is 32.4 Å². The van der Waals surface area contributed by atoms with Gasteiger partial charge in [-0.1, -0.05) is 42.5 Å². The second-order valence-electron chi connectivity index (χ2n) is 8.56. The van der Waals surface area contributed by atoms with Crippen LogP contribution in [0.1, 0.15) is 22.8 Å². The summed E-state index contributed by atoms with van der Waals surface area (Å²) < 4.78 is 5.05. The Morgan fingerprint density at radius 1 is 1.09 bits per heavy atom. The molecule has 2 unspecified atom stereocenters. The maximum atomic E-state index is 13.4. The molecule has 0 bridgehead atoms. The van der Waals surface area contributed by atoms with Crippen LogP contribution in [0.5, 0.6) is 0 Å². The number of esters is 1. The maximum absolute atomic E-state index is 13.4. The summed E-state index contributed by atoms with van der Waals surface area (Å²) in [6, 6.07) is 16.0. The van der Waals surface area contributed by atoms with E-state index in [1.165, 1.54) is 9.80 Å². The van der Waals surface area contributed by atoms with Crippen LogP contribution in [0.25, 0.3) is 6.08 Å². The van der Waals surface area contributed by atoms with Gasteiger partial charge in [-0.25, -0.2) is 14.6 Å². The fourth-order valence-corrected chi connectivity index (χ4v) is 4.70. The number of urea groups is 1. The third-order valence-corrected chi connectivity index (χ3v) is 6.47. The van der Waals surface area contributed by atoms with Crippen LogP contribution in [0.2, 0.25) is 0 Å². The van der Waals surface area contributed by atoms with Crippen molar-refractivity contribution < 1.29 is 19.1 Å². The van der Waals surface area contributed by atoms with E-state index in [9.17, 15) is 14.4 Å². The fourth-order valence-electron chi connectivity index (χ4n) is 4.70. The number of anilines is 1. The first kappa shape index (κ1) is 22.6. The van der Waals surface area contributed by atoms with Gasteiger partial charge in [0.25, 0.3) is 5.91 Å². The summed E-state index contributed by atoms with van der Waals surface area (Å²) in [6.45, 7) is 3.55. The fraction of sp³-hybridized carbons (Fsp3) is 0.308. The smallest absolute Gasteiger partial charge is 0.338 e. The topological polar surface area (TPSA) is 85.8 Å². The standard InChI is InChI=1S/C26H27N5O4/c1-3-35-24(33)19-11-13-20(14-12-19)29-16-17-30-21-22(27-25(29)30)28(2)26(34)31(23(21)32)15-7-10-18-8-5-4-6-9-18/h4-14,21-22H,3,15-17H2,1-2H3/b10-7+. The Kier molecular flexibility index (Phi) is 5.98. The highest BCUT2D eigenvalue weighted by atomic mass is 16.5. The van der Waals surface area contributed by atoms with E-state index in [2.05, 4.69) is 0 Å². The minimum absolute atomic E-state index is 0.197. The summed E-state index contributed by atoms with van der Waals surface area (Å²) >= 11 is 0. The zero-order chi connectivity index (χ0) is 24.5. The first-order valence-electron chi connectivity index (χ1n) is 11.7. The number of benzene rings is 2. The molecule has 0 aliphatic carbocycles. The second kappa shape index (κ2) is 9.25. The zero-order valence-electron chi connectivity index (χ0n) is 19.7. The molecule has 0 radical (unpaired) electrons. The van der Waals surface area contributed by atoms with Crippen molar-refractivity contribution in [3.8, 4) is 0 Å². The summed E-state index contributed by atoms with van der Waals surface area (Å²) in [5, 5.41) is 0. The van der Waals surface area contributed by atoms with Crippen molar-refractivity contribution in [3.05, 3.63) is 71.8 Å². The molecule has 35 heavy (non-hydrogen) atoms. The molecule has 3 heterocycles. The number of likely N-dealkylation sites (N-methyl/N-ethyl adjacent to an activating group) is 1. The molecule has 5 rings (SSSR count). The highest BCUT2D eigenvalue weighted by Crippen LogP contribution is 2.33. The van der Waals surface area contributed by atoms with Crippen molar-refractivity contribution in [2.24, 2.45) is 4.99 Å². The number of carbonyl (C=O) groups excluding carboxylic acids is 3. The molecule has 2 aromatic rings. The van der Waals surface area contributed by atoms with Crippen molar-refractivity contribution in [3.63, 3.8) is 0 Å². The van der Waals surface area contributed by atoms with E-state index in [1.54, 1.807) is 26.1 Å². The lowest BCUT2D eigenvalue weighted by Gasteiger charge is -2.40. The van der Waals surface area contributed by atoms with E-state index in [4.69, 9.17) is 9.73 Å². The lowest BCUT2D eigenvalue weighted by molar-refractivity contribution is -0.136. The molecule has 3 aliphatic heterocycles. The molecule has 0 aromatic heterocycles. The molecule has 2 atom stereocenters. The number of fused-ring (bicyclic) bond motifs is 3. The third-order valence-electron chi connectivity index (χ3n) is 6.47. The van der Waals surface area contributed by atoms with E-state index >= 15 is 0 Å². The molecule has 3 aliphatic rings. The number of guanidine groups is 1. The Morgan fingerprint density at radius 3 is 2.54 bits per heavy atom. The summed E-state index contributed by atoms with van der Waals surface area (Å²) in [4.78, 5) is 50.0. The van der Waals surface area contributed by atoms with Crippen molar-refractivity contribution in [2.75, 3.05) is 38.2 Å². The monoisotopic (exact) mass is 473 g/mol. The third kappa shape index (κ3) is 4.03. The summed E-state index contributed by atoms with van der Waals surface area (Å²) in [6.07, 6.45) is 3.17. The van der Waals surface area contributed by atoms with Crippen LogP contribution in [-0.4, -0.2) is 84.1 Å². The van der Waals surface area contributed by atoms with Gasteiger partial charge in [0.2, 0.25) is 5.96 Å². The highest BCUT2D eigenvalue weighted by molar-refractivity contribution is 6.08. The van der Waals surface area contributed by atoms with E-state index < -0.39 is 12.2 Å². The molecule has 2 saturated heterocycles. The second-order valence-corrected chi connectivity index (χ2v) is 8.56. The molecule has 0 N–H and O–H groups in total. The Bertz CT molecular complexity index is 1190. The molecule has 9 nitrogen and oxygen atoms in total. The van der Waals surface area contributed by atoms with Crippen molar-refractivity contribution in [1.29, 1.82) is 0 Å². The van der Waals surface area contributed by atoms with E-state index in [0.29, 0.717) is 31.2 Å². The van der Waals surface area contributed by atoms with Crippen LogP contribution < -0.4 is 4.90 Å². The molecule has 180 valence electrons. The summed E-state index contributed by atoms with van der Waals surface area (Å²) in [5.41, 5.74) is 2.35. The minimum atomic E-state index is -0.569. The van der Waals surface area contributed by atoms with Gasteiger partial charge < -0.3 is 19.4 Å². The van der Waals surface area contributed by atoms with Crippen LogP contribution in [0.15, 0.2) is 65.7 Å². The number of aliphatic imine (C=N–C) groups is 1. The van der Waals surface area contributed by atoms with Crippen molar-refractivity contribution in [2.45, 2.75) is 19.1 Å². The van der Waals surface area contributed by atoms with Gasteiger partial charge >= 0.3 is 12.0 Å². The van der Waals surface area contributed by atoms with Gasteiger partial charge in [-0.05, 0) is 36.8 Å². The maximum Gasteiger partial charge on any atom is 0.338 e. The van der Waals surface area contributed by atoms with Gasteiger partial charge in [-0.3, -0.25) is 9.69 Å². The first-order chi connectivity index (χ1) is 17.0. The Labute approximate surface area is 203 Å². The molecule has 2 fully saturated rings. The molecule has 0 spiro atoms. The highest BCUT2D eigenvalue weighted by Gasteiger charge is 2.54. The molecular formula is C26H27N5O4. The lowest BCUT2D eigenvalue weighted by atomic mass is 10.1. The van der Waals surface area contributed by atoms with Gasteiger partial charge in [0.1, 0.15) is 0 Å². The lowest BCUT2D eigenvalue weighted by Crippen LogP contribution is -2.64. The average molecular weight is 474 g/mol. The van der Waals surface area contributed by atoms with E-state index in [1.807, 2.05) is 64.4 Å². The Morgan fingerprint density at radius 2 is 1.83 bits per heavy atom. The summed E-state index contributed by atoms with van der Waals surface area (Å²) in [7, 11) is 1.69. The normalized spacial score (nSPS) is 21.5. The van der Waals surface area contributed by atoms with Crippen LogP contribution in [0, 0.1) is 0 Å². The number of ether oxygens (including phenoxy) is 1. The van der Waals surface area contributed by atoms with Crippen molar-refractivity contribution in [1.82, 2.24) is 14.7 Å². The number of nitrogens with zero attached hydrogens (tertiary/aromatic N) is 5. The van der Waals surface area contributed by atoms with E-state index in [0.717, 1.165) is 11.3 Å². The SMILES string of the molecule is CCOC(=O)c1ccc(N2CCN3C2=NC2C3C(=O)N(C/C=C/c3ccccc3)C(=O)N2C)cc1. The van der Waals surface area contributed by atoms with Gasteiger partial charge in [0.05, 0.1) is 12.2 Å². The molecule has 2 aromatic carbocycles. The van der Waals surface area contributed by atoms with Crippen LogP contribution >= 0.6 is 0 Å². The quantitative estimate of drug-likeness (QED) is 0.600. The zero-order valence-corrected chi connectivity index (χ0v) is 19.7.